The normalized spacial score (nSPS) is 11.4. The summed E-state index contributed by atoms with van der Waals surface area (Å²) in [6.07, 6.45) is 4.24. The zero-order valence-electron chi connectivity index (χ0n) is 14.2. The third-order valence-electron chi connectivity index (χ3n) is 3.85. The summed E-state index contributed by atoms with van der Waals surface area (Å²) in [6, 6.07) is 15.6. The van der Waals surface area contributed by atoms with Crippen molar-refractivity contribution in [3.8, 4) is 0 Å². The molecule has 0 bridgehead atoms. The number of hydrazone groups is 1. The van der Waals surface area contributed by atoms with Crippen molar-refractivity contribution in [1.82, 2.24) is 5.43 Å². The first-order valence-corrected chi connectivity index (χ1v) is 9.09. The topological polar surface area (TPSA) is 41.5 Å². The number of aryl methyl sites for hydroxylation is 1. The molecule has 126 valence electrons. The molecule has 0 atom stereocenters. The van der Waals surface area contributed by atoms with E-state index in [1.54, 1.807) is 0 Å². The van der Waals surface area contributed by atoms with Gasteiger partial charge in [0, 0.05) is 10.0 Å². The van der Waals surface area contributed by atoms with Gasteiger partial charge in [-0.05, 0) is 43.0 Å². The maximum Gasteiger partial charge on any atom is 0.271 e. The van der Waals surface area contributed by atoms with Gasteiger partial charge < -0.3 is 0 Å². The Balaban J connectivity index is 2.13. The number of carbonyl (C=O) groups excluding carboxylic acids is 1. The second kappa shape index (κ2) is 9.38. The van der Waals surface area contributed by atoms with E-state index in [9.17, 15) is 4.79 Å². The van der Waals surface area contributed by atoms with Gasteiger partial charge in [0.15, 0.2) is 0 Å². The van der Waals surface area contributed by atoms with Crippen molar-refractivity contribution in [3.63, 3.8) is 0 Å². The molecule has 1 amide bonds. The minimum Gasteiger partial charge on any atom is -0.267 e. The number of rotatable bonds is 7. The van der Waals surface area contributed by atoms with Crippen LogP contribution in [0.1, 0.15) is 54.1 Å². The van der Waals surface area contributed by atoms with Gasteiger partial charge in [-0.3, -0.25) is 4.79 Å². The molecule has 0 saturated heterocycles. The molecule has 24 heavy (non-hydrogen) atoms. The Hall–Kier alpha value is -1.94. The lowest BCUT2D eigenvalue weighted by Gasteiger charge is -2.08. The Morgan fingerprint density at radius 2 is 1.83 bits per heavy atom. The van der Waals surface area contributed by atoms with E-state index in [4.69, 9.17) is 0 Å². The average molecular weight is 387 g/mol. The van der Waals surface area contributed by atoms with Crippen LogP contribution in [0.5, 0.6) is 0 Å². The Kier molecular flexibility index (Phi) is 7.19. The predicted molar refractivity (Wildman–Crippen MR) is 103 cm³/mol. The molecule has 0 spiro atoms. The van der Waals surface area contributed by atoms with Crippen LogP contribution in [0.25, 0.3) is 0 Å². The van der Waals surface area contributed by atoms with Crippen molar-refractivity contribution in [2.75, 3.05) is 0 Å². The number of halogens is 1. The van der Waals surface area contributed by atoms with Crippen LogP contribution >= 0.6 is 15.9 Å². The van der Waals surface area contributed by atoms with E-state index in [2.05, 4.69) is 33.4 Å². The monoisotopic (exact) mass is 386 g/mol. The van der Waals surface area contributed by atoms with Gasteiger partial charge in [0.1, 0.15) is 0 Å². The third-order valence-corrected chi connectivity index (χ3v) is 4.70. The summed E-state index contributed by atoms with van der Waals surface area (Å²) < 4.78 is 0.922. The fourth-order valence-electron chi connectivity index (χ4n) is 2.35. The molecule has 1 N–H and O–H groups in total. The number of nitrogens with zero attached hydrogens (tertiary/aromatic N) is 1. The molecule has 3 nitrogen and oxygen atoms in total. The van der Waals surface area contributed by atoms with Crippen LogP contribution in [0.3, 0.4) is 0 Å². The summed E-state index contributed by atoms with van der Waals surface area (Å²) in [6.45, 7) is 4.17. The second-order valence-corrected chi connectivity index (χ2v) is 6.64. The van der Waals surface area contributed by atoms with Crippen LogP contribution < -0.4 is 5.43 Å². The SMILES string of the molecule is CCCCCC(=NNC(=O)c1ccc(C)c(Br)c1)c1ccccc1. The summed E-state index contributed by atoms with van der Waals surface area (Å²) in [5.74, 6) is -0.195. The van der Waals surface area contributed by atoms with E-state index >= 15 is 0 Å². The highest BCUT2D eigenvalue weighted by Crippen LogP contribution is 2.17. The van der Waals surface area contributed by atoms with Gasteiger partial charge >= 0.3 is 0 Å². The molecule has 0 aliphatic rings. The maximum atomic E-state index is 12.3. The van der Waals surface area contributed by atoms with Gasteiger partial charge in [-0.1, -0.05) is 72.1 Å². The number of unbranched alkanes of at least 4 members (excludes halogenated alkanes) is 2. The summed E-state index contributed by atoms with van der Waals surface area (Å²) in [7, 11) is 0. The van der Waals surface area contributed by atoms with Crippen LogP contribution in [-0.2, 0) is 0 Å². The number of carbonyl (C=O) groups is 1. The Morgan fingerprint density at radius 1 is 1.08 bits per heavy atom. The van der Waals surface area contributed by atoms with Crippen LogP contribution in [0, 0.1) is 6.92 Å². The van der Waals surface area contributed by atoms with E-state index in [0.29, 0.717) is 5.56 Å². The standard InChI is InChI=1S/C20H23BrN2O/c1-3-4-6-11-19(16-9-7-5-8-10-16)22-23-20(24)17-13-12-15(2)18(21)14-17/h5,7-10,12-14H,3-4,6,11H2,1-2H3,(H,23,24). The van der Waals surface area contributed by atoms with Crippen molar-refractivity contribution in [3.05, 3.63) is 69.7 Å². The third kappa shape index (κ3) is 5.31. The Labute approximate surface area is 152 Å². The molecule has 0 saturated carbocycles. The van der Waals surface area contributed by atoms with Gasteiger partial charge in [-0.15, -0.1) is 0 Å². The minimum absolute atomic E-state index is 0.195. The fourth-order valence-corrected chi connectivity index (χ4v) is 2.73. The number of hydrogen-bond acceptors (Lipinski definition) is 2. The molecule has 2 rings (SSSR count). The summed E-state index contributed by atoms with van der Waals surface area (Å²) in [4.78, 5) is 12.3. The smallest absolute Gasteiger partial charge is 0.267 e. The lowest BCUT2D eigenvalue weighted by Crippen LogP contribution is -2.20. The zero-order valence-corrected chi connectivity index (χ0v) is 15.8. The van der Waals surface area contributed by atoms with Gasteiger partial charge in [0.05, 0.1) is 5.71 Å². The highest BCUT2D eigenvalue weighted by Gasteiger charge is 2.08. The van der Waals surface area contributed by atoms with Crippen molar-refractivity contribution < 1.29 is 4.79 Å². The molecule has 0 fully saturated rings. The highest BCUT2D eigenvalue weighted by molar-refractivity contribution is 9.10. The number of amides is 1. The largest absolute Gasteiger partial charge is 0.271 e. The molecule has 0 aliphatic heterocycles. The Bertz CT molecular complexity index is 711. The van der Waals surface area contributed by atoms with Crippen molar-refractivity contribution in [2.45, 2.75) is 39.5 Å². The van der Waals surface area contributed by atoms with Crippen LogP contribution in [0.4, 0.5) is 0 Å². The highest BCUT2D eigenvalue weighted by atomic mass is 79.9. The predicted octanol–water partition coefficient (Wildman–Crippen LogP) is 5.47. The molecule has 0 aliphatic carbocycles. The maximum absolute atomic E-state index is 12.3. The lowest BCUT2D eigenvalue weighted by atomic mass is 10.0. The first-order chi connectivity index (χ1) is 11.6. The first kappa shape index (κ1) is 18.4. The molecule has 0 aromatic heterocycles. The van der Waals surface area contributed by atoms with E-state index in [1.165, 1.54) is 0 Å². The summed E-state index contributed by atoms with van der Waals surface area (Å²) >= 11 is 3.46. The van der Waals surface area contributed by atoms with Gasteiger partial charge in [-0.2, -0.15) is 5.10 Å². The lowest BCUT2D eigenvalue weighted by molar-refractivity contribution is 0.0954. The molecule has 4 heteroatoms. The van der Waals surface area contributed by atoms with Crippen LogP contribution in [-0.4, -0.2) is 11.6 Å². The van der Waals surface area contributed by atoms with Gasteiger partial charge in [0.25, 0.3) is 5.91 Å². The molecular weight excluding hydrogens is 364 g/mol. The summed E-state index contributed by atoms with van der Waals surface area (Å²) in [5.41, 5.74) is 6.37. The number of nitrogens with one attached hydrogen (secondary N) is 1. The van der Waals surface area contributed by atoms with E-state index in [1.807, 2.05) is 55.5 Å². The van der Waals surface area contributed by atoms with E-state index in [-0.39, 0.29) is 5.91 Å². The summed E-state index contributed by atoms with van der Waals surface area (Å²) in [5, 5.41) is 4.40. The van der Waals surface area contributed by atoms with E-state index < -0.39 is 0 Å². The minimum atomic E-state index is -0.195. The van der Waals surface area contributed by atoms with E-state index in [0.717, 1.165) is 47.0 Å². The van der Waals surface area contributed by atoms with Crippen molar-refractivity contribution in [1.29, 1.82) is 0 Å². The quantitative estimate of drug-likeness (QED) is 0.382. The van der Waals surface area contributed by atoms with Crippen molar-refractivity contribution in [2.24, 2.45) is 5.10 Å². The molecule has 0 unspecified atom stereocenters. The molecule has 0 heterocycles. The number of hydrogen-bond donors (Lipinski definition) is 1. The zero-order chi connectivity index (χ0) is 17.4. The van der Waals surface area contributed by atoms with Gasteiger partial charge in [-0.25, -0.2) is 5.43 Å². The molecule has 2 aromatic rings. The second-order valence-electron chi connectivity index (χ2n) is 5.79. The van der Waals surface area contributed by atoms with Crippen LogP contribution in [0.15, 0.2) is 58.1 Å². The molecule has 0 radical (unpaired) electrons. The van der Waals surface area contributed by atoms with Crippen LogP contribution in [0.2, 0.25) is 0 Å². The van der Waals surface area contributed by atoms with Gasteiger partial charge in [0.2, 0.25) is 0 Å². The first-order valence-electron chi connectivity index (χ1n) is 8.30. The van der Waals surface area contributed by atoms with Crippen molar-refractivity contribution >= 4 is 27.5 Å². The number of benzene rings is 2. The molecular formula is C20H23BrN2O. The molecule has 2 aromatic carbocycles. The average Bonchev–Trinajstić information content (AvgIpc) is 2.61. The fraction of sp³-hybridized carbons (Fsp3) is 0.300. The Morgan fingerprint density at radius 3 is 2.50 bits per heavy atom.